The van der Waals surface area contributed by atoms with Gasteiger partial charge in [-0.1, -0.05) is 23.8 Å². The molecule has 1 aliphatic rings. The number of amides is 2. The quantitative estimate of drug-likeness (QED) is 0.944. The lowest BCUT2D eigenvalue weighted by Crippen LogP contribution is -2.41. The Hall–Kier alpha value is -2.62. The van der Waals surface area contributed by atoms with Crippen molar-refractivity contribution in [1.82, 2.24) is 5.32 Å². The van der Waals surface area contributed by atoms with Crippen LogP contribution in [0.4, 0.5) is 5.69 Å². The van der Waals surface area contributed by atoms with Crippen LogP contribution in [0.5, 0.6) is 0 Å². The predicted octanol–water partition coefficient (Wildman–Crippen LogP) is 3.15. The number of carbonyl (C=O) groups is 2. The summed E-state index contributed by atoms with van der Waals surface area (Å²) in [5.41, 5.74) is 4.94. The third-order valence-electron chi connectivity index (χ3n) is 4.63. The fourth-order valence-corrected chi connectivity index (χ4v) is 2.91. The molecule has 3 rings (SSSR count). The first-order valence-corrected chi connectivity index (χ1v) is 8.22. The number of nitrogens with one attached hydrogen (secondary N) is 1. The van der Waals surface area contributed by atoms with Crippen molar-refractivity contribution in [3.8, 4) is 0 Å². The van der Waals surface area contributed by atoms with E-state index in [1.165, 1.54) is 5.56 Å². The Morgan fingerprint density at radius 3 is 2.42 bits per heavy atom. The van der Waals surface area contributed by atoms with Crippen LogP contribution >= 0.6 is 0 Å². The number of hydrogen-bond acceptors (Lipinski definition) is 2. The van der Waals surface area contributed by atoms with Crippen LogP contribution in [0.3, 0.4) is 0 Å². The SMILES string of the molecule is Cc1ccc(C(=O)N[C@H]2CCN(c3ccc(C)c(C)c3)C2=O)cc1. The van der Waals surface area contributed by atoms with E-state index in [-0.39, 0.29) is 11.8 Å². The van der Waals surface area contributed by atoms with Crippen molar-refractivity contribution in [2.75, 3.05) is 11.4 Å². The topological polar surface area (TPSA) is 49.4 Å². The van der Waals surface area contributed by atoms with E-state index in [0.717, 1.165) is 16.8 Å². The molecular formula is C20H22N2O2. The second-order valence-corrected chi connectivity index (χ2v) is 6.44. The summed E-state index contributed by atoms with van der Waals surface area (Å²) in [6.45, 7) is 6.69. The van der Waals surface area contributed by atoms with Crippen molar-refractivity contribution >= 4 is 17.5 Å². The van der Waals surface area contributed by atoms with Crippen molar-refractivity contribution in [3.63, 3.8) is 0 Å². The van der Waals surface area contributed by atoms with Crippen LogP contribution in [0.15, 0.2) is 42.5 Å². The maximum atomic E-state index is 12.6. The zero-order chi connectivity index (χ0) is 17.3. The fraction of sp³-hybridized carbons (Fsp3) is 0.300. The van der Waals surface area contributed by atoms with E-state index < -0.39 is 6.04 Å². The average molecular weight is 322 g/mol. The number of nitrogens with zero attached hydrogens (tertiary/aromatic N) is 1. The minimum Gasteiger partial charge on any atom is -0.340 e. The minimum absolute atomic E-state index is 0.0429. The molecule has 2 aromatic rings. The number of rotatable bonds is 3. The van der Waals surface area contributed by atoms with Crippen LogP contribution in [0, 0.1) is 20.8 Å². The first-order valence-electron chi connectivity index (χ1n) is 8.22. The van der Waals surface area contributed by atoms with Gasteiger partial charge in [-0.05, 0) is 62.6 Å². The molecule has 0 bridgehead atoms. The Morgan fingerprint density at radius 1 is 1.04 bits per heavy atom. The van der Waals surface area contributed by atoms with Crippen LogP contribution in [-0.4, -0.2) is 24.4 Å². The first-order chi connectivity index (χ1) is 11.5. The number of anilines is 1. The first kappa shape index (κ1) is 16.2. The number of aryl methyl sites for hydroxylation is 3. The summed E-state index contributed by atoms with van der Waals surface area (Å²) in [5, 5.41) is 2.86. The molecule has 0 saturated carbocycles. The van der Waals surface area contributed by atoms with Crippen LogP contribution in [0.2, 0.25) is 0 Å². The van der Waals surface area contributed by atoms with Gasteiger partial charge in [-0.25, -0.2) is 0 Å². The van der Waals surface area contributed by atoms with E-state index >= 15 is 0 Å². The third-order valence-corrected chi connectivity index (χ3v) is 4.63. The normalized spacial score (nSPS) is 17.2. The van der Waals surface area contributed by atoms with E-state index in [2.05, 4.69) is 12.2 Å². The van der Waals surface area contributed by atoms with E-state index in [0.29, 0.717) is 18.5 Å². The molecule has 0 radical (unpaired) electrons. The summed E-state index contributed by atoms with van der Waals surface area (Å²) in [6.07, 6.45) is 0.628. The van der Waals surface area contributed by atoms with Crippen LogP contribution in [0.1, 0.15) is 33.5 Å². The Balaban J connectivity index is 1.70. The van der Waals surface area contributed by atoms with Gasteiger partial charge in [0, 0.05) is 17.8 Å². The molecular weight excluding hydrogens is 300 g/mol. The maximum Gasteiger partial charge on any atom is 0.251 e. The van der Waals surface area contributed by atoms with Gasteiger partial charge < -0.3 is 10.2 Å². The van der Waals surface area contributed by atoms with E-state index in [1.807, 2.05) is 44.2 Å². The van der Waals surface area contributed by atoms with Crippen LogP contribution in [-0.2, 0) is 4.79 Å². The number of carbonyl (C=O) groups excluding carboxylic acids is 2. The van der Waals surface area contributed by atoms with E-state index in [4.69, 9.17) is 0 Å². The predicted molar refractivity (Wildman–Crippen MR) is 95.3 cm³/mol. The number of hydrogen-bond donors (Lipinski definition) is 1. The van der Waals surface area contributed by atoms with Gasteiger partial charge >= 0.3 is 0 Å². The van der Waals surface area contributed by atoms with Crippen LogP contribution < -0.4 is 10.2 Å². The minimum atomic E-state index is -0.458. The molecule has 1 heterocycles. The molecule has 2 aromatic carbocycles. The molecule has 0 unspecified atom stereocenters. The van der Waals surface area contributed by atoms with Gasteiger partial charge in [-0.2, -0.15) is 0 Å². The van der Waals surface area contributed by atoms with E-state index in [9.17, 15) is 9.59 Å². The lowest BCUT2D eigenvalue weighted by molar-refractivity contribution is -0.118. The second-order valence-electron chi connectivity index (χ2n) is 6.44. The highest BCUT2D eigenvalue weighted by Crippen LogP contribution is 2.24. The Morgan fingerprint density at radius 2 is 1.75 bits per heavy atom. The lowest BCUT2D eigenvalue weighted by Gasteiger charge is -2.18. The van der Waals surface area contributed by atoms with Crippen molar-refractivity contribution in [3.05, 3.63) is 64.7 Å². The third kappa shape index (κ3) is 3.18. The van der Waals surface area contributed by atoms with Gasteiger partial charge in [0.25, 0.3) is 5.91 Å². The molecule has 1 atom stereocenters. The Kier molecular flexibility index (Phi) is 4.38. The molecule has 4 nitrogen and oxygen atoms in total. The molecule has 2 amide bonds. The summed E-state index contributed by atoms with van der Waals surface area (Å²) in [4.78, 5) is 26.7. The van der Waals surface area contributed by atoms with Gasteiger partial charge in [0.15, 0.2) is 0 Å². The highest BCUT2D eigenvalue weighted by molar-refractivity contribution is 6.03. The van der Waals surface area contributed by atoms with Crippen molar-refractivity contribution in [2.24, 2.45) is 0 Å². The van der Waals surface area contributed by atoms with Gasteiger partial charge in [-0.15, -0.1) is 0 Å². The zero-order valence-electron chi connectivity index (χ0n) is 14.3. The standard InChI is InChI=1S/C20H22N2O2/c1-13-4-7-16(8-5-13)19(23)21-18-10-11-22(20(18)24)17-9-6-14(2)15(3)12-17/h4-9,12,18H,10-11H2,1-3H3,(H,21,23)/t18-/m0/s1. The summed E-state index contributed by atoms with van der Waals surface area (Å²) in [6, 6.07) is 12.9. The van der Waals surface area contributed by atoms with Crippen molar-refractivity contribution < 1.29 is 9.59 Å². The van der Waals surface area contributed by atoms with Crippen molar-refractivity contribution in [2.45, 2.75) is 33.2 Å². The largest absolute Gasteiger partial charge is 0.340 e. The zero-order valence-corrected chi connectivity index (χ0v) is 14.3. The van der Waals surface area contributed by atoms with Gasteiger partial charge in [0.2, 0.25) is 5.91 Å². The highest BCUT2D eigenvalue weighted by atomic mass is 16.2. The second kappa shape index (κ2) is 6.48. The number of benzene rings is 2. The van der Waals surface area contributed by atoms with Gasteiger partial charge in [-0.3, -0.25) is 9.59 Å². The molecule has 0 aromatic heterocycles. The Labute approximate surface area is 142 Å². The molecule has 4 heteroatoms. The molecule has 0 spiro atoms. The molecule has 1 aliphatic heterocycles. The average Bonchev–Trinajstić information content (AvgIpc) is 2.91. The molecule has 1 fully saturated rings. The molecule has 1 N–H and O–H groups in total. The summed E-state index contributed by atoms with van der Waals surface area (Å²) < 4.78 is 0. The fourth-order valence-electron chi connectivity index (χ4n) is 2.91. The molecule has 0 aliphatic carbocycles. The molecule has 124 valence electrons. The summed E-state index contributed by atoms with van der Waals surface area (Å²) in [7, 11) is 0. The summed E-state index contributed by atoms with van der Waals surface area (Å²) in [5.74, 6) is -0.242. The smallest absolute Gasteiger partial charge is 0.251 e. The van der Waals surface area contributed by atoms with Crippen molar-refractivity contribution in [1.29, 1.82) is 0 Å². The van der Waals surface area contributed by atoms with Gasteiger partial charge in [0.05, 0.1) is 0 Å². The van der Waals surface area contributed by atoms with E-state index in [1.54, 1.807) is 17.0 Å². The van der Waals surface area contributed by atoms with Gasteiger partial charge in [0.1, 0.15) is 6.04 Å². The monoisotopic (exact) mass is 322 g/mol. The van der Waals surface area contributed by atoms with Crippen LogP contribution in [0.25, 0.3) is 0 Å². The Bertz CT molecular complexity index is 781. The maximum absolute atomic E-state index is 12.6. The molecule has 24 heavy (non-hydrogen) atoms. The molecule has 1 saturated heterocycles. The summed E-state index contributed by atoms with van der Waals surface area (Å²) >= 11 is 0. The highest BCUT2D eigenvalue weighted by Gasteiger charge is 2.33. The lowest BCUT2D eigenvalue weighted by atomic mass is 10.1.